The molecule has 1 atom stereocenters. The standard InChI is InChI=1S/C17H38O6Si3/c1-8-10-16(19)21-14-15(18)13-20-11-9-12-24-17(22-25(2,3)4)23-26(5,6)7/h8,10,15,17-18H,9,11-14,24H2,1-7H3. The first-order valence-corrected chi connectivity index (χ1v) is 18.0. The molecule has 0 amide bonds. The van der Waals surface area contributed by atoms with Crippen molar-refractivity contribution >= 4 is 32.1 Å². The first-order valence-electron chi connectivity index (χ1n) is 9.34. The van der Waals surface area contributed by atoms with Crippen molar-refractivity contribution in [1.29, 1.82) is 0 Å². The molecule has 0 aromatic rings. The second-order valence-electron chi connectivity index (χ2n) is 8.24. The molecule has 1 unspecified atom stereocenters. The average molecular weight is 423 g/mol. The van der Waals surface area contributed by atoms with Crippen molar-refractivity contribution in [2.75, 3.05) is 19.8 Å². The van der Waals surface area contributed by atoms with Crippen LogP contribution in [0.5, 0.6) is 0 Å². The van der Waals surface area contributed by atoms with E-state index in [1.807, 2.05) is 0 Å². The highest BCUT2D eigenvalue weighted by Crippen LogP contribution is 2.14. The van der Waals surface area contributed by atoms with Crippen LogP contribution in [0.25, 0.3) is 0 Å². The molecule has 0 aromatic carbocycles. The number of hydrogen-bond acceptors (Lipinski definition) is 6. The fraction of sp³-hybridized carbons (Fsp3) is 0.824. The minimum atomic E-state index is -1.61. The summed E-state index contributed by atoms with van der Waals surface area (Å²) in [6.45, 7) is 15.6. The van der Waals surface area contributed by atoms with Crippen molar-refractivity contribution in [2.45, 2.75) is 70.7 Å². The molecular weight excluding hydrogens is 384 g/mol. The number of ether oxygens (including phenoxy) is 2. The van der Waals surface area contributed by atoms with E-state index in [4.69, 9.17) is 18.3 Å². The summed E-state index contributed by atoms with van der Waals surface area (Å²) in [7, 11) is -3.73. The van der Waals surface area contributed by atoms with Crippen molar-refractivity contribution in [2.24, 2.45) is 0 Å². The zero-order chi connectivity index (χ0) is 20.2. The van der Waals surface area contributed by atoms with Crippen LogP contribution in [0.4, 0.5) is 0 Å². The fourth-order valence-electron chi connectivity index (χ4n) is 2.08. The number of allylic oxidation sites excluding steroid dienone is 1. The Labute approximate surface area is 163 Å². The number of esters is 1. The fourth-order valence-corrected chi connectivity index (χ4v) is 8.61. The Balaban J connectivity index is 3.94. The third kappa shape index (κ3) is 17.1. The van der Waals surface area contributed by atoms with E-state index >= 15 is 0 Å². The van der Waals surface area contributed by atoms with E-state index in [9.17, 15) is 9.90 Å². The lowest BCUT2D eigenvalue weighted by atomic mass is 10.4. The van der Waals surface area contributed by atoms with E-state index in [0.29, 0.717) is 6.61 Å². The topological polar surface area (TPSA) is 74.2 Å². The Morgan fingerprint density at radius 3 is 2.15 bits per heavy atom. The molecule has 0 rings (SSSR count). The number of hydrogen-bond donors (Lipinski definition) is 1. The summed E-state index contributed by atoms with van der Waals surface area (Å²) in [5.41, 5.74) is 0. The molecule has 0 bridgehead atoms. The van der Waals surface area contributed by atoms with Crippen LogP contribution < -0.4 is 0 Å². The molecule has 9 heteroatoms. The van der Waals surface area contributed by atoms with E-state index in [1.54, 1.807) is 13.0 Å². The SMILES string of the molecule is CC=CC(=O)OCC(O)COCCC[SiH2]C(O[Si](C)(C)C)O[Si](C)(C)C. The van der Waals surface area contributed by atoms with Crippen LogP contribution in [0.2, 0.25) is 45.3 Å². The summed E-state index contributed by atoms with van der Waals surface area (Å²) >= 11 is 0. The molecule has 0 aromatic heterocycles. The van der Waals surface area contributed by atoms with Gasteiger partial charge in [-0.25, -0.2) is 4.79 Å². The quantitative estimate of drug-likeness (QED) is 0.152. The smallest absolute Gasteiger partial charge is 0.330 e. The van der Waals surface area contributed by atoms with Crippen molar-refractivity contribution in [1.82, 2.24) is 0 Å². The summed E-state index contributed by atoms with van der Waals surface area (Å²) in [4.78, 5) is 11.2. The monoisotopic (exact) mass is 422 g/mol. The lowest BCUT2D eigenvalue weighted by Crippen LogP contribution is -2.43. The largest absolute Gasteiger partial charge is 0.460 e. The number of carbonyl (C=O) groups excluding carboxylic acids is 1. The van der Waals surface area contributed by atoms with E-state index < -0.39 is 38.2 Å². The Bertz CT molecular complexity index is 402. The zero-order valence-electron chi connectivity index (χ0n) is 17.5. The Kier molecular flexibility index (Phi) is 12.8. The second-order valence-corrected chi connectivity index (χ2v) is 19.1. The normalized spacial score (nSPS) is 14.7. The highest BCUT2D eigenvalue weighted by Gasteiger charge is 2.26. The number of rotatable bonds is 14. The molecule has 0 heterocycles. The molecule has 0 spiro atoms. The van der Waals surface area contributed by atoms with Gasteiger partial charge in [0, 0.05) is 12.7 Å². The van der Waals surface area contributed by atoms with Crippen LogP contribution in [0.15, 0.2) is 12.2 Å². The van der Waals surface area contributed by atoms with Gasteiger partial charge in [0.05, 0.1) is 16.1 Å². The lowest BCUT2D eigenvalue weighted by Gasteiger charge is -2.31. The predicted octanol–water partition coefficient (Wildman–Crippen LogP) is 2.45. The van der Waals surface area contributed by atoms with Crippen LogP contribution in [-0.4, -0.2) is 69.1 Å². The van der Waals surface area contributed by atoms with Crippen LogP contribution in [0, 0.1) is 0 Å². The predicted molar refractivity (Wildman–Crippen MR) is 113 cm³/mol. The summed E-state index contributed by atoms with van der Waals surface area (Å²) in [5, 5.41) is 9.72. The minimum absolute atomic E-state index is 0.00459. The van der Waals surface area contributed by atoms with Gasteiger partial charge < -0.3 is 23.4 Å². The molecule has 0 saturated carbocycles. The van der Waals surface area contributed by atoms with Gasteiger partial charge >= 0.3 is 5.97 Å². The van der Waals surface area contributed by atoms with Crippen molar-refractivity contribution in [3.63, 3.8) is 0 Å². The summed E-state index contributed by atoms with van der Waals surface area (Å²) in [5.74, 6) is -0.446. The maximum Gasteiger partial charge on any atom is 0.330 e. The molecular formula is C17H38O6Si3. The molecule has 0 saturated heterocycles. The molecule has 1 N–H and O–H groups in total. The van der Waals surface area contributed by atoms with Gasteiger partial charge in [0.2, 0.25) is 0 Å². The van der Waals surface area contributed by atoms with Gasteiger partial charge in [-0.05, 0) is 52.6 Å². The molecule has 6 nitrogen and oxygen atoms in total. The van der Waals surface area contributed by atoms with Crippen LogP contribution in [-0.2, 0) is 23.1 Å². The van der Waals surface area contributed by atoms with Crippen LogP contribution >= 0.6 is 0 Å². The third-order valence-electron chi connectivity index (χ3n) is 2.98. The Morgan fingerprint density at radius 2 is 1.65 bits per heavy atom. The molecule has 0 fully saturated rings. The summed E-state index contributed by atoms with van der Waals surface area (Å²) in [6.07, 6.45) is 3.05. The molecule has 26 heavy (non-hydrogen) atoms. The van der Waals surface area contributed by atoms with E-state index in [-0.39, 0.29) is 19.1 Å². The van der Waals surface area contributed by atoms with Crippen LogP contribution in [0.3, 0.4) is 0 Å². The summed E-state index contributed by atoms with van der Waals surface area (Å²) < 4.78 is 22.8. The highest BCUT2D eigenvalue weighted by atomic mass is 28.4. The van der Waals surface area contributed by atoms with Gasteiger partial charge in [0.25, 0.3) is 0 Å². The number of aliphatic hydroxyl groups is 1. The molecule has 0 aliphatic heterocycles. The highest BCUT2D eigenvalue weighted by molar-refractivity contribution is 6.71. The Hall–Kier alpha value is -0.299. The van der Waals surface area contributed by atoms with Crippen molar-refractivity contribution in [3.8, 4) is 0 Å². The van der Waals surface area contributed by atoms with E-state index in [1.165, 1.54) is 6.08 Å². The number of aliphatic hydroxyl groups excluding tert-OH is 1. The van der Waals surface area contributed by atoms with Gasteiger partial charge in [-0.15, -0.1) is 0 Å². The lowest BCUT2D eigenvalue weighted by molar-refractivity contribution is -0.141. The zero-order valence-corrected chi connectivity index (χ0v) is 21.0. The molecule has 154 valence electrons. The minimum Gasteiger partial charge on any atom is -0.460 e. The first kappa shape index (κ1) is 25.7. The van der Waals surface area contributed by atoms with Gasteiger partial charge in [-0.3, -0.25) is 0 Å². The van der Waals surface area contributed by atoms with Gasteiger partial charge in [-0.1, -0.05) is 12.1 Å². The maximum atomic E-state index is 11.2. The van der Waals surface area contributed by atoms with Crippen molar-refractivity contribution < 1.29 is 28.2 Å². The third-order valence-corrected chi connectivity index (χ3v) is 7.30. The maximum absolute atomic E-state index is 11.2. The van der Waals surface area contributed by atoms with Crippen LogP contribution in [0.1, 0.15) is 13.3 Å². The van der Waals surface area contributed by atoms with E-state index in [2.05, 4.69) is 39.3 Å². The summed E-state index contributed by atoms with van der Waals surface area (Å²) in [6, 6.07) is 1.08. The molecule has 0 aliphatic carbocycles. The van der Waals surface area contributed by atoms with Gasteiger partial charge in [0.1, 0.15) is 18.6 Å². The van der Waals surface area contributed by atoms with E-state index in [0.717, 1.165) is 12.5 Å². The Morgan fingerprint density at radius 1 is 1.08 bits per heavy atom. The van der Waals surface area contributed by atoms with Gasteiger partial charge in [-0.2, -0.15) is 0 Å². The molecule has 0 radical (unpaired) electrons. The second kappa shape index (κ2) is 13.0. The van der Waals surface area contributed by atoms with Gasteiger partial charge in [0.15, 0.2) is 16.6 Å². The van der Waals surface area contributed by atoms with Crippen molar-refractivity contribution in [3.05, 3.63) is 12.2 Å². The molecule has 0 aliphatic rings. The average Bonchev–Trinajstić information content (AvgIpc) is 2.45. The first-order chi connectivity index (χ1) is 11.9. The number of carbonyl (C=O) groups is 1.